The molecular formula is C9H14F3NO3. The number of carbonyl (C=O) groups excluding carboxylic acids is 1. The molecule has 0 aliphatic rings. The van der Waals surface area contributed by atoms with Gasteiger partial charge in [-0.15, -0.1) is 0 Å². The van der Waals surface area contributed by atoms with Crippen molar-refractivity contribution in [3.8, 4) is 0 Å². The van der Waals surface area contributed by atoms with Crippen molar-refractivity contribution in [3.05, 3.63) is 0 Å². The van der Waals surface area contributed by atoms with Crippen molar-refractivity contribution >= 4 is 11.9 Å². The van der Waals surface area contributed by atoms with E-state index in [1.165, 1.54) is 0 Å². The predicted octanol–water partition coefficient (Wildman–Crippen LogP) is 1.51. The summed E-state index contributed by atoms with van der Waals surface area (Å²) in [5.41, 5.74) is 0. The van der Waals surface area contributed by atoms with Crippen LogP contribution in [0.5, 0.6) is 0 Å². The number of rotatable bonds is 4. The minimum absolute atomic E-state index is 0.0202. The quantitative estimate of drug-likeness (QED) is 0.811. The highest BCUT2D eigenvalue weighted by Gasteiger charge is 2.44. The maximum absolute atomic E-state index is 12.1. The van der Waals surface area contributed by atoms with Gasteiger partial charge in [0.2, 0.25) is 0 Å². The van der Waals surface area contributed by atoms with Crippen molar-refractivity contribution in [2.24, 2.45) is 5.92 Å². The van der Waals surface area contributed by atoms with E-state index in [1.807, 2.05) is 0 Å². The van der Waals surface area contributed by atoms with E-state index in [0.717, 1.165) is 7.05 Å². The lowest BCUT2D eigenvalue weighted by Crippen LogP contribution is -2.48. The topological polar surface area (TPSA) is 57.6 Å². The first-order chi connectivity index (χ1) is 7.07. The van der Waals surface area contributed by atoms with Gasteiger partial charge in [-0.1, -0.05) is 13.8 Å². The van der Waals surface area contributed by atoms with Crippen molar-refractivity contribution in [1.82, 2.24) is 4.90 Å². The molecule has 0 radical (unpaired) electrons. The summed E-state index contributed by atoms with van der Waals surface area (Å²) in [6, 6.07) is -1.45. The van der Waals surface area contributed by atoms with Gasteiger partial charge in [-0.3, -0.25) is 4.79 Å². The Kier molecular flexibility index (Phi) is 4.77. The number of amides is 1. The van der Waals surface area contributed by atoms with E-state index in [0.29, 0.717) is 0 Å². The average Bonchev–Trinajstić information content (AvgIpc) is 2.09. The third-order valence-corrected chi connectivity index (χ3v) is 2.01. The van der Waals surface area contributed by atoms with E-state index in [9.17, 15) is 22.8 Å². The number of nitrogens with zero attached hydrogens (tertiary/aromatic N) is 1. The van der Waals surface area contributed by atoms with Gasteiger partial charge in [0.1, 0.15) is 6.04 Å². The Morgan fingerprint density at radius 1 is 1.31 bits per heavy atom. The van der Waals surface area contributed by atoms with Gasteiger partial charge in [-0.2, -0.15) is 13.2 Å². The van der Waals surface area contributed by atoms with Gasteiger partial charge in [0.05, 0.1) is 0 Å². The molecule has 0 aliphatic heterocycles. The number of hydrogen-bond acceptors (Lipinski definition) is 2. The summed E-state index contributed by atoms with van der Waals surface area (Å²) in [5, 5.41) is 8.75. The van der Waals surface area contributed by atoms with Crippen LogP contribution in [0.1, 0.15) is 20.3 Å². The first-order valence-corrected chi connectivity index (χ1v) is 4.64. The zero-order valence-electron chi connectivity index (χ0n) is 9.21. The van der Waals surface area contributed by atoms with Gasteiger partial charge >= 0.3 is 18.1 Å². The Balaban J connectivity index is 4.82. The number of halogens is 3. The van der Waals surface area contributed by atoms with Crippen LogP contribution < -0.4 is 0 Å². The van der Waals surface area contributed by atoms with Crippen LogP contribution >= 0.6 is 0 Å². The second-order valence-corrected chi connectivity index (χ2v) is 3.90. The van der Waals surface area contributed by atoms with Gasteiger partial charge in [0, 0.05) is 7.05 Å². The van der Waals surface area contributed by atoms with Crippen LogP contribution in [-0.4, -0.2) is 41.1 Å². The molecule has 0 aliphatic carbocycles. The van der Waals surface area contributed by atoms with E-state index >= 15 is 0 Å². The summed E-state index contributed by atoms with van der Waals surface area (Å²) in [6.07, 6.45) is -5.06. The van der Waals surface area contributed by atoms with Crippen molar-refractivity contribution in [3.63, 3.8) is 0 Å². The maximum Gasteiger partial charge on any atom is 0.471 e. The number of likely N-dealkylation sites (N-methyl/N-ethyl adjacent to an activating group) is 1. The SMILES string of the molecule is CC(C)CC(C(=O)O)N(C)C(=O)C(F)(F)F. The third-order valence-electron chi connectivity index (χ3n) is 2.01. The fourth-order valence-corrected chi connectivity index (χ4v) is 1.21. The molecule has 16 heavy (non-hydrogen) atoms. The molecule has 1 amide bonds. The van der Waals surface area contributed by atoms with Gasteiger partial charge in [0.25, 0.3) is 0 Å². The second-order valence-electron chi connectivity index (χ2n) is 3.90. The molecule has 1 unspecified atom stereocenters. The molecule has 0 aromatic carbocycles. The number of carboxylic acids is 1. The molecule has 0 saturated heterocycles. The lowest BCUT2D eigenvalue weighted by atomic mass is 10.0. The molecule has 0 saturated carbocycles. The second kappa shape index (κ2) is 5.18. The molecule has 1 N–H and O–H groups in total. The highest BCUT2D eigenvalue weighted by Crippen LogP contribution is 2.21. The first kappa shape index (κ1) is 14.7. The van der Waals surface area contributed by atoms with E-state index < -0.39 is 24.1 Å². The Morgan fingerprint density at radius 2 is 1.75 bits per heavy atom. The van der Waals surface area contributed by atoms with E-state index in [4.69, 9.17) is 5.11 Å². The van der Waals surface area contributed by atoms with E-state index in [1.54, 1.807) is 13.8 Å². The molecule has 0 fully saturated rings. The number of carbonyl (C=O) groups is 2. The number of alkyl halides is 3. The van der Waals surface area contributed by atoms with Crippen molar-refractivity contribution < 1.29 is 27.9 Å². The molecule has 0 rings (SSSR count). The fraction of sp³-hybridized carbons (Fsp3) is 0.778. The third kappa shape index (κ3) is 4.08. The Labute approximate surface area is 91.0 Å². The molecule has 7 heteroatoms. The monoisotopic (exact) mass is 241 g/mol. The summed E-state index contributed by atoms with van der Waals surface area (Å²) in [5.74, 6) is -3.70. The largest absolute Gasteiger partial charge is 0.480 e. The molecule has 0 spiro atoms. The zero-order chi connectivity index (χ0) is 13.1. The first-order valence-electron chi connectivity index (χ1n) is 4.64. The number of hydrogen-bond donors (Lipinski definition) is 1. The van der Waals surface area contributed by atoms with Gasteiger partial charge < -0.3 is 10.0 Å². The smallest absolute Gasteiger partial charge is 0.471 e. The van der Waals surface area contributed by atoms with Crippen molar-refractivity contribution in [2.75, 3.05) is 7.05 Å². The molecule has 0 aromatic heterocycles. The molecule has 0 bridgehead atoms. The van der Waals surface area contributed by atoms with Crippen LogP contribution in [0.15, 0.2) is 0 Å². The van der Waals surface area contributed by atoms with E-state index in [2.05, 4.69) is 0 Å². The molecule has 0 heterocycles. The van der Waals surface area contributed by atoms with Crippen LogP contribution in [0.2, 0.25) is 0 Å². The van der Waals surface area contributed by atoms with Gasteiger partial charge in [0.15, 0.2) is 0 Å². The van der Waals surface area contributed by atoms with Crippen LogP contribution in [0, 0.1) is 5.92 Å². The van der Waals surface area contributed by atoms with E-state index in [-0.39, 0.29) is 17.2 Å². The molecular weight excluding hydrogens is 227 g/mol. The van der Waals surface area contributed by atoms with Gasteiger partial charge in [-0.05, 0) is 12.3 Å². The van der Waals surface area contributed by atoms with Crippen molar-refractivity contribution in [1.29, 1.82) is 0 Å². The number of aliphatic carboxylic acids is 1. The Hall–Kier alpha value is -1.27. The minimum atomic E-state index is -5.04. The zero-order valence-corrected chi connectivity index (χ0v) is 9.21. The normalized spacial score (nSPS) is 13.7. The summed E-state index contributed by atoms with van der Waals surface area (Å²) >= 11 is 0. The predicted molar refractivity (Wildman–Crippen MR) is 49.7 cm³/mol. The van der Waals surface area contributed by atoms with Crippen LogP contribution in [-0.2, 0) is 9.59 Å². The highest BCUT2D eigenvalue weighted by molar-refractivity contribution is 5.86. The summed E-state index contributed by atoms with van der Waals surface area (Å²) in [4.78, 5) is 21.8. The molecule has 94 valence electrons. The lowest BCUT2D eigenvalue weighted by molar-refractivity contribution is -0.188. The number of carboxylic acid groups (broad SMARTS) is 1. The van der Waals surface area contributed by atoms with Crippen molar-refractivity contribution in [2.45, 2.75) is 32.5 Å². The summed E-state index contributed by atoms with van der Waals surface area (Å²) in [7, 11) is 0.844. The highest BCUT2D eigenvalue weighted by atomic mass is 19.4. The average molecular weight is 241 g/mol. The molecule has 0 aromatic rings. The van der Waals surface area contributed by atoms with Gasteiger partial charge in [-0.25, -0.2) is 4.79 Å². The standard InChI is InChI=1S/C9H14F3NO3/c1-5(2)4-6(7(14)15)13(3)8(16)9(10,11)12/h5-6H,4H2,1-3H3,(H,14,15). The summed E-state index contributed by atoms with van der Waals surface area (Å²) in [6.45, 7) is 3.34. The Bertz CT molecular complexity index is 276. The maximum atomic E-state index is 12.1. The van der Waals surface area contributed by atoms with Crippen LogP contribution in [0.3, 0.4) is 0 Å². The fourth-order valence-electron chi connectivity index (χ4n) is 1.21. The van der Waals surface area contributed by atoms with Crippen LogP contribution in [0.4, 0.5) is 13.2 Å². The molecule has 1 atom stereocenters. The molecule has 4 nitrogen and oxygen atoms in total. The van der Waals surface area contributed by atoms with Crippen LogP contribution in [0.25, 0.3) is 0 Å². The summed E-state index contributed by atoms with van der Waals surface area (Å²) < 4.78 is 36.2. The minimum Gasteiger partial charge on any atom is -0.480 e. The Morgan fingerprint density at radius 3 is 2.00 bits per heavy atom. The lowest BCUT2D eigenvalue weighted by Gasteiger charge is -2.26.